The van der Waals surface area contributed by atoms with E-state index in [4.69, 9.17) is 4.74 Å². The minimum atomic E-state index is -0.416. The van der Waals surface area contributed by atoms with Gasteiger partial charge in [0.2, 0.25) is 5.91 Å². The van der Waals surface area contributed by atoms with E-state index >= 15 is 0 Å². The summed E-state index contributed by atoms with van der Waals surface area (Å²) < 4.78 is 6.27. The van der Waals surface area contributed by atoms with E-state index in [0.29, 0.717) is 12.2 Å². The van der Waals surface area contributed by atoms with Crippen molar-refractivity contribution in [2.75, 3.05) is 18.6 Å². The Morgan fingerprint density at radius 3 is 2.69 bits per heavy atom. The smallest absolute Gasteiger partial charge is 0.251 e. The van der Waals surface area contributed by atoms with Crippen LogP contribution in [0.4, 0.5) is 5.69 Å². The van der Waals surface area contributed by atoms with Gasteiger partial charge in [0.15, 0.2) is 0 Å². The molecule has 2 aliphatic rings. The van der Waals surface area contributed by atoms with Crippen molar-refractivity contribution >= 4 is 44.3 Å². The van der Waals surface area contributed by atoms with Gasteiger partial charge in [0.05, 0.1) is 25.3 Å². The van der Waals surface area contributed by atoms with Crippen molar-refractivity contribution in [1.29, 1.82) is 0 Å². The first-order chi connectivity index (χ1) is 14.0. The highest BCUT2D eigenvalue weighted by Gasteiger charge is 2.43. The molecule has 0 radical (unpaired) electrons. The minimum Gasteiger partial charge on any atom is -0.497 e. The lowest BCUT2D eigenvalue weighted by Crippen LogP contribution is -2.44. The first-order valence-corrected chi connectivity index (χ1v) is 10.4. The molecule has 0 spiro atoms. The molecule has 0 saturated carbocycles. The number of aromatic amines is 1. The summed E-state index contributed by atoms with van der Waals surface area (Å²) in [4.78, 5) is 32.6. The predicted molar refractivity (Wildman–Crippen MR) is 114 cm³/mol. The number of nitrogens with zero attached hydrogens (tertiary/aromatic N) is 2. The molecule has 1 saturated heterocycles. The molecular formula is C22H20BrN3O3. The maximum atomic E-state index is 13.1. The summed E-state index contributed by atoms with van der Waals surface area (Å²) in [6.45, 7) is 1.37. The first kappa shape index (κ1) is 18.4. The van der Waals surface area contributed by atoms with E-state index in [0.717, 1.165) is 34.4 Å². The Hall–Kier alpha value is -2.64. The number of nitrogens with one attached hydrogen (secondary N) is 1. The van der Waals surface area contributed by atoms with Crippen LogP contribution in [0, 0.1) is 0 Å². The van der Waals surface area contributed by atoms with Gasteiger partial charge in [-0.1, -0.05) is 15.9 Å². The van der Waals surface area contributed by atoms with Crippen LogP contribution >= 0.6 is 15.9 Å². The van der Waals surface area contributed by atoms with Crippen LogP contribution in [-0.2, 0) is 22.6 Å². The molecule has 1 fully saturated rings. The third-order valence-corrected chi connectivity index (χ3v) is 6.39. The summed E-state index contributed by atoms with van der Waals surface area (Å²) >= 11 is 3.39. The van der Waals surface area contributed by atoms with E-state index in [1.165, 1.54) is 15.8 Å². The fraction of sp³-hybridized carbons (Fsp3) is 0.273. The molecule has 7 heteroatoms. The summed E-state index contributed by atoms with van der Waals surface area (Å²) in [6.07, 6.45) is 1.05. The highest BCUT2D eigenvalue weighted by Crippen LogP contribution is 2.33. The normalized spacial score (nSPS) is 19.8. The number of amides is 2. The number of benzene rings is 2. The van der Waals surface area contributed by atoms with Crippen molar-refractivity contribution in [3.8, 4) is 5.75 Å². The SMILES string of the molecule is COc1ccc2[nH]c3c(c2c1)CCN(C1CC(=O)N(c2ccc(Br)cc2)C1=O)C3. The van der Waals surface area contributed by atoms with Crippen LogP contribution < -0.4 is 9.64 Å². The van der Waals surface area contributed by atoms with Crippen LogP contribution in [0.3, 0.4) is 0 Å². The minimum absolute atomic E-state index is 0.140. The van der Waals surface area contributed by atoms with Crippen LogP contribution in [0.5, 0.6) is 5.75 Å². The Bertz CT molecular complexity index is 1120. The van der Waals surface area contributed by atoms with Crippen molar-refractivity contribution < 1.29 is 14.3 Å². The number of anilines is 1. The van der Waals surface area contributed by atoms with Crippen molar-refractivity contribution in [3.05, 3.63) is 58.2 Å². The van der Waals surface area contributed by atoms with Crippen LogP contribution in [0.25, 0.3) is 10.9 Å². The zero-order valence-electron chi connectivity index (χ0n) is 15.9. The number of rotatable bonds is 3. The molecule has 148 valence electrons. The molecule has 6 nitrogen and oxygen atoms in total. The number of methoxy groups -OCH3 is 1. The lowest BCUT2D eigenvalue weighted by molar-refractivity contribution is -0.123. The summed E-state index contributed by atoms with van der Waals surface area (Å²) in [6, 6.07) is 12.9. The molecule has 1 atom stereocenters. The number of carbonyl (C=O) groups excluding carboxylic acids is 2. The molecule has 0 aliphatic carbocycles. The first-order valence-electron chi connectivity index (χ1n) is 9.59. The van der Waals surface area contributed by atoms with Gasteiger partial charge in [-0.05, 0) is 54.4 Å². The monoisotopic (exact) mass is 453 g/mol. The largest absolute Gasteiger partial charge is 0.497 e. The molecule has 2 aromatic carbocycles. The lowest BCUT2D eigenvalue weighted by Gasteiger charge is -2.30. The highest BCUT2D eigenvalue weighted by atomic mass is 79.9. The van der Waals surface area contributed by atoms with E-state index in [9.17, 15) is 9.59 Å². The number of H-pyrrole nitrogens is 1. The molecular weight excluding hydrogens is 434 g/mol. The van der Waals surface area contributed by atoms with Gasteiger partial charge in [0.1, 0.15) is 5.75 Å². The van der Waals surface area contributed by atoms with Crippen LogP contribution in [0.2, 0.25) is 0 Å². The second kappa shape index (κ2) is 7.00. The summed E-state index contributed by atoms with van der Waals surface area (Å²) in [5.74, 6) is 0.552. The number of halogens is 1. The van der Waals surface area contributed by atoms with Gasteiger partial charge in [-0.3, -0.25) is 14.5 Å². The predicted octanol–water partition coefficient (Wildman–Crippen LogP) is 3.63. The van der Waals surface area contributed by atoms with Gasteiger partial charge in [-0.15, -0.1) is 0 Å². The highest BCUT2D eigenvalue weighted by molar-refractivity contribution is 9.10. The molecule has 0 bridgehead atoms. The van der Waals surface area contributed by atoms with Crippen molar-refractivity contribution in [2.24, 2.45) is 0 Å². The zero-order chi connectivity index (χ0) is 20.1. The molecule has 2 amide bonds. The van der Waals surface area contributed by atoms with Gasteiger partial charge >= 0.3 is 0 Å². The van der Waals surface area contributed by atoms with E-state index in [1.54, 1.807) is 19.2 Å². The molecule has 5 rings (SSSR count). The second-order valence-corrected chi connectivity index (χ2v) is 8.39. The number of imide groups is 1. The number of hydrogen-bond acceptors (Lipinski definition) is 4. The lowest BCUT2D eigenvalue weighted by atomic mass is 10.0. The Balaban J connectivity index is 1.41. The molecule has 29 heavy (non-hydrogen) atoms. The van der Waals surface area contributed by atoms with Crippen molar-refractivity contribution in [2.45, 2.75) is 25.4 Å². The van der Waals surface area contributed by atoms with Crippen molar-refractivity contribution in [3.63, 3.8) is 0 Å². The number of hydrogen-bond donors (Lipinski definition) is 1. The molecule has 3 aromatic rings. The van der Waals surface area contributed by atoms with E-state index in [-0.39, 0.29) is 18.2 Å². The van der Waals surface area contributed by atoms with Crippen LogP contribution in [0.15, 0.2) is 46.9 Å². The molecule has 1 N–H and O–H groups in total. The molecule has 1 unspecified atom stereocenters. The van der Waals surface area contributed by atoms with Gasteiger partial charge in [0, 0.05) is 34.2 Å². The molecule has 1 aromatic heterocycles. The number of fused-ring (bicyclic) bond motifs is 3. The van der Waals surface area contributed by atoms with Crippen LogP contribution in [-0.4, -0.2) is 41.4 Å². The van der Waals surface area contributed by atoms with E-state index < -0.39 is 6.04 Å². The Labute approximate surface area is 176 Å². The fourth-order valence-electron chi connectivity index (χ4n) is 4.40. The standard InChI is InChI=1S/C22H20BrN3O3/c1-29-15-6-7-18-17(10-15)16-8-9-25(12-19(16)24-18)20-11-21(27)26(22(20)28)14-4-2-13(23)3-5-14/h2-7,10,20,24H,8-9,11-12H2,1H3. The van der Waals surface area contributed by atoms with E-state index in [2.05, 4.69) is 31.9 Å². The Morgan fingerprint density at radius 2 is 1.93 bits per heavy atom. The third kappa shape index (κ3) is 3.05. The topological polar surface area (TPSA) is 65.6 Å². The van der Waals surface area contributed by atoms with Gasteiger partial charge in [0.25, 0.3) is 5.91 Å². The summed E-state index contributed by atoms with van der Waals surface area (Å²) in [5, 5.41) is 1.17. The third-order valence-electron chi connectivity index (χ3n) is 5.86. The van der Waals surface area contributed by atoms with Gasteiger partial charge < -0.3 is 9.72 Å². The number of ether oxygens (including phenoxy) is 1. The maximum Gasteiger partial charge on any atom is 0.251 e. The Morgan fingerprint density at radius 1 is 1.14 bits per heavy atom. The summed E-state index contributed by atoms with van der Waals surface area (Å²) in [7, 11) is 1.67. The number of carbonyl (C=O) groups is 2. The maximum absolute atomic E-state index is 13.1. The summed E-state index contributed by atoms with van der Waals surface area (Å²) in [5.41, 5.74) is 4.09. The van der Waals surface area contributed by atoms with Crippen LogP contribution in [0.1, 0.15) is 17.7 Å². The number of aromatic nitrogens is 1. The quantitative estimate of drug-likeness (QED) is 0.614. The van der Waals surface area contributed by atoms with E-state index in [1.807, 2.05) is 24.3 Å². The molecule has 3 heterocycles. The zero-order valence-corrected chi connectivity index (χ0v) is 17.5. The average molecular weight is 454 g/mol. The fourth-order valence-corrected chi connectivity index (χ4v) is 4.66. The average Bonchev–Trinajstić information content (AvgIpc) is 3.24. The molecule has 2 aliphatic heterocycles. The van der Waals surface area contributed by atoms with Gasteiger partial charge in [-0.2, -0.15) is 0 Å². The van der Waals surface area contributed by atoms with Gasteiger partial charge in [-0.25, -0.2) is 4.90 Å². The van der Waals surface area contributed by atoms with Crippen molar-refractivity contribution in [1.82, 2.24) is 9.88 Å². The Kier molecular flexibility index (Phi) is 4.44. The second-order valence-electron chi connectivity index (χ2n) is 7.48.